The van der Waals surface area contributed by atoms with Gasteiger partial charge in [0.25, 0.3) is 0 Å². The fourth-order valence-electron chi connectivity index (χ4n) is 3.12. The molecule has 4 aromatic carbocycles. The van der Waals surface area contributed by atoms with Crippen LogP contribution in [0.25, 0.3) is 22.3 Å². The second kappa shape index (κ2) is 16.8. The van der Waals surface area contributed by atoms with Crippen LogP contribution in [0.4, 0.5) is 0 Å². The zero-order chi connectivity index (χ0) is 30.4. The van der Waals surface area contributed by atoms with Crippen LogP contribution in [-0.2, 0) is 0 Å². The lowest BCUT2D eigenvalue weighted by Gasteiger charge is -2.19. The quantitative estimate of drug-likeness (QED) is 0.139. The van der Waals surface area contributed by atoms with Gasteiger partial charge in [0.1, 0.15) is 0 Å². The van der Waals surface area contributed by atoms with Crippen LogP contribution in [0.2, 0.25) is 0 Å². The molecule has 0 atom stereocenters. The first kappa shape index (κ1) is 39.0. The SMILES string of the molecule is Brc1c(Br)c(Br)c(-c2c(Br)c(Br)c(Br)c(Br)c2Br)c(Br)c1Br.Brc1ccc(-c2ccc(Br)c(Br)c2Br)c(Br)c1Br. The Bertz CT molecular complexity index is 1480. The van der Waals surface area contributed by atoms with E-state index in [1.54, 1.807) is 0 Å². The maximum absolute atomic E-state index is 3.68. The number of hydrogen-bond donors (Lipinski definition) is 0. The lowest BCUT2D eigenvalue weighted by atomic mass is 10.1. The maximum Gasteiger partial charge on any atom is 0.0482 e. The molecule has 4 rings (SSSR count). The summed E-state index contributed by atoms with van der Waals surface area (Å²) in [6, 6.07) is 8.18. The molecule has 0 saturated carbocycles. The van der Waals surface area contributed by atoms with E-state index in [2.05, 4.69) is 267 Å². The molecule has 0 bridgehead atoms. The molecule has 0 spiro atoms. The monoisotopic (exact) mass is 1550 g/mol. The Labute approximate surface area is 365 Å². The van der Waals surface area contributed by atoms with Crippen LogP contribution in [-0.4, -0.2) is 0 Å². The van der Waals surface area contributed by atoms with Gasteiger partial charge < -0.3 is 0 Å². The van der Waals surface area contributed by atoms with E-state index >= 15 is 0 Å². The van der Waals surface area contributed by atoms with Gasteiger partial charge in [-0.25, -0.2) is 0 Å². The predicted octanol–water partition coefficient (Wildman–Crippen LogP) is 18.9. The first-order valence-corrected chi connectivity index (χ1v) is 22.5. The number of rotatable bonds is 2. The molecule has 212 valence electrons. The summed E-state index contributed by atoms with van der Waals surface area (Å²) in [5.74, 6) is 0. The molecule has 0 heterocycles. The predicted molar refractivity (Wildman–Crippen MR) is 227 cm³/mol. The van der Waals surface area contributed by atoms with Crippen molar-refractivity contribution < 1.29 is 0 Å². The molecule has 0 aliphatic carbocycles. The molecule has 4 aromatic rings. The molecule has 0 aliphatic rings. The van der Waals surface area contributed by atoms with E-state index in [0.29, 0.717) is 0 Å². The van der Waals surface area contributed by atoms with Gasteiger partial charge >= 0.3 is 0 Å². The fourth-order valence-corrected chi connectivity index (χ4v) is 13.0. The van der Waals surface area contributed by atoms with Crippen molar-refractivity contribution in [1.29, 1.82) is 0 Å². The highest BCUT2D eigenvalue weighted by Gasteiger charge is 2.26. The highest BCUT2D eigenvalue weighted by atomic mass is 79.9. The Morgan fingerprint density at radius 3 is 0.700 bits per heavy atom. The summed E-state index contributed by atoms with van der Waals surface area (Å²) >= 11 is 57.6. The van der Waals surface area contributed by atoms with Gasteiger partial charge in [0.15, 0.2) is 0 Å². The molecular weight excluding hydrogens is 1570 g/mol. The van der Waals surface area contributed by atoms with Crippen molar-refractivity contribution >= 4 is 255 Å². The van der Waals surface area contributed by atoms with Gasteiger partial charge in [0.05, 0.1) is 0 Å². The molecule has 0 saturated heterocycles. The van der Waals surface area contributed by atoms with Crippen molar-refractivity contribution in [3.05, 3.63) is 95.8 Å². The standard InChI is InChI=1S/C12Br10.C12H4Br6/c13-3-1(4(14)8(18)11(21)7(3)17)2-5(15)9(19)12(22)10(20)6(2)16;13-7-3-1-5(9(15)11(7)17)6-2-4-8(14)12(18)10(6)16/h;1-4H. The van der Waals surface area contributed by atoms with E-state index in [1.165, 1.54) is 0 Å². The molecule has 16 heteroatoms. The number of hydrogen-bond acceptors (Lipinski definition) is 0. The summed E-state index contributed by atoms with van der Waals surface area (Å²) in [5.41, 5.74) is 4.22. The van der Waals surface area contributed by atoms with Crippen LogP contribution in [0.5, 0.6) is 0 Å². The summed E-state index contributed by atoms with van der Waals surface area (Å²) in [5, 5.41) is 0. The van der Waals surface area contributed by atoms with Crippen LogP contribution >= 0.6 is 255 Å². The number of halogens is 16. The molecule has 0 radical (unpaired) electrons. The Balaban J connectivity index is 0.000000225. The van der Waals surface area contributed by atoms with Crippen molar-refractivity contribution in [3.8, 4) is 22.3 Å². The summed E-state index contributed by atoms with van der Waals surface area (Å²) in [6.07, 6.45) is 0. The highest BCUT2D eigenvalue weighted by Crippen LogP contribution is 2.55. The van der Waals surface area contributed by atoms with Gasteiger partial charge in [-0.15, -0.1) is 0 Å². The molecule has 0 unspecified atom stereocenters. The summed E-state index contributed by atoms with van der Waals surface area (Å²) < 4.78 is 15.3. The normalized spacial score (nSPS) is 11.0. The molecule has 0 fully saturated rings. The summed E-state index contributed by atoms with van der Waals surface area (Å²) in [7, 11) is 0. The van der Waals surface area contributed by atoms with Crippen LogP contribution in [0.15, 0.2) is 95.8 Å². The Morgan fingerprint density at radius 1 is 0.225 bits per heavy atom. The van der Waals surface area contributed by atoms with Crippen LogP contribution < -0.4 is 0 Å². The number of benzene rings is 4. The average molecular weight is 1570 g/mol. The fraction of sp³-hybridized carbons (Fsp3) is 0. The third kappa shape index (κ3) is 8.22. The van der Waals surface area contributed by atoms with Gasteiger partial charge in [-0.3, -0.25) is 0 Å². The smallest absolute Gasteiger partial charge is 0.0482 e. The molecule has 0 aromatic heterocycles. The van der Waals surface area contributed by atoms with Gasteiger partial charge in [0, 0.05) is 82.7 Å². The first-order valence-electron chi connectivity index (χ1n) is 9.85. The van der Waals surface area contributed by atoms with Gasteiger partial charge in [0.2, 0.25) is 0 Å². The van der Waals surface area contributed by atoms with E-state index in [1.807, 2.05) is 12.1 Å². The van der Waals surface area contributed by atoms with E-state index in [-0.39, 0.29) is 0 Å². The topological polar surface area (TPSA) is 0 Å². The molecular formula is C24H4Br16. The van der Waals surface area contributed by atoms with E-state index in [4.69, 9.17) is 0 Å². The van der Waals surface area contributed by atoms with Crippen molar-refractivity contribution in [2.24, 2.45) is 0 Å². The minimum atomic E-state index is 0.923. The average Bonchev–Trinajstić information content (AvgIpc) is 2.93. The third-order valence-corrected chi connectivity index (χ3v) is 24.0. The van der Waals surface area contributed by atoms with E-state index in [0.717, 1.165) is 93.8 Å². The minimum absolute atomic E-state index is 0.923. The maximum atomic E-state index is 3.68. The second-order valence-corrected chi connectivity index (χ2v) is 20.1. The largest absolute Gasteiger partial charge is 0.0520 e. The van der Waals surface area contributed by atoms with Crippen molar-refractivity contribution in [1.82, 2.24) is 0 Å². The lowest BCUT2D eigenvalue weighted by Crippen LogP contribution is -1.93. The molecule has 0 amide bonds. The van der Waals surface area contributed by atoms with E-state index in [9.17, 15) is 0 Å². The van der Waals surface area contributed by atoms with Crippen LogP contribution in [0.1, 0.15) is 0 Å². The van der Waals surface area contributed by atoms with Crippen LogP contribution in [0.3, 0.4) is 0 Å². The van der Waals surface area contributed by atoms with Crippen molar-refractivity contribution in [2.75, 3.05) is 0 Å². The zero-order valence-corrected chi connectivity index (χ0v) is 43.7. The highest BCUT2D eigenvalue weighted by molar-refractivity contribution is 9.17. The van der Waals surface area contributed by atoms with Gasteiger partial charge in [-0.2, -0.15) is 0 Å². The third-order valence-electron chi connectivity index (χ3n) is 5.03. The van der Waals surface area contributed by atoms with Gasteiger partial charge in [-0.05, 0) is 278 Å². The van der Waals surface area contributed by atoms with E-state index < -0.39 is 0 Å². The molecule has 0 nitrogen and oxygen atoms in total. The van der Waals surface area contributed by atoms with Gasteiger partial charge in [-0.1, -0.05) is 12.1 Å². The Kier molecular flexibility index (Phi) is 16.4. The Hall–Kier alpha value is 4.56. The van der Waals surface area contributed by atoms with Crippen LogP contribution in [0, 0.1) is 0 Å². The zero-order valence-electron chi connectivity index (χ0n) is 18.4. The first-order chi connectivity index (χ1) is 18.5. The second-order valence-electron chi connectivity index (χ2n) is 7.34. The van der Waals surface area contributed by atoms with Crippen molar-refractivity contribution in [3.63, 3.8) is 0 Å². The summed E-state index contributed by atoms with van der Waals surface area (Å²) in [4.78, 5) is 0. The molecule has 40 heavy (non-hydrogen) atoms. The molecule has 0 N–H and O–H groups in total. The minimum Gasteiger partial charge on any atom is -0.0520 e. The lowest BCUT2D eigenvalue weighted by molar-refractivity contribution is 1.39. The Morgan fingerprint density at radius 2 is 0.450 bits per heavy atom. The van der Waals surface area contributed by atoms with Crippen molar-refractivity contribution in [2.45, 2.75) is 0 Å². The molecule has 0 aliphatic heterocycles. The summed E-state index contributed by atoms with van der Waals surface area (Å²) in [6.45, 7) is 0.